The summed E-state index contributed by atoms with van der Waals surface area (Å²) in [6.07, 6.45) is 1.03. The van der Waals surface area contributed by atoms with E-state index in [0.717, 1.165) is 6.42 Å². The smallest absolute Gasteiger partial charge is 0.0201 e. The van der Waals surface area contributed by atoms with Crippen molar-refractivity contribution >= 4 is 5.57 Å². The molecule has 0 atom stereocenters. The van der Waals surface area contributed by atoms with Crippen LogP contribution in [0.3, 0.4) is 0 Å². The van der Waals surface area contributed by atoms with Gasteiger partial charge in [-0.25, -0.2) is 0 Å². The van der Waals surface area contributed by atoms with E-state index in [1.807, 2.05) is 0 Å². The molecule has 12 heavy (non-hydrogen) atoms. The first-order valence-electron chi connectivity index (χ1n) is 4.40. The summed E-state index contributed by atoms with van der Waals surface area (Å²) in [6.45, 7) is 10.4. The lowest BCUT2D eigenvalue weighted by atomic mass is 9.98. The molecule has 0 nitrogen and oxygen atoms in total. The third kappa shape index (κ3) is 1.76. The van der Waals surface area contributed by atoms with Crippen molar-refractivity contribution in [2.24, 2.45) is 0 Å². The van der Waals surface area contributed by atoms with Crippen LogP contribution in [0, 0.1) is 13.8 Å². The molecule has 64 valence electrons. The largest absolute Gasteiger partial charge is 0.0952 e. The molecule has 0 radical (unpaired) electrons. The van der Waals surface area contributed by atoms with Crippen molar-refractivity contribution in [3.63, 3.8) is 0 Å². The van der Waals surface area contributed by atoms with Crippen LogP contribution in [0.2, 0.25) is 0 Å². The summed E-state index contributed by atoms with van der Waals surface area (Å²) in [6, 6.07) is 6.51. The summed E-state index contributed by atoms with van der Waals surface area (Å²) in [5.74, 6) is 0. The zero-order valence-corrected chi connectivity index (χ0v) is 8.15. The van der Waals surface area contributed by atoms with Crippen LogP contribution in [0.1, 0.15) is 30.0 Å². The molecule has 0 unspecified atom stereocenters. The molecule has 0 aliphatic heterocycles. The molecule has 0 aliphatic rings. The number of hydrogen-bond donors (Lipinski definition) is 0. The van der Waals surface area contributed by atoms with Gasteiger partial charge in [-0.05, 0) is 37.0 Å². The van der Waals surface area contributed by atoms with E-state index < -0.39 is 0 Å². The summed E-state index contributed by atoms with van der Waals surface area (Å²) in [4.78, 5) is 0. The van der Waals surface area contributed by atoms with Gasteiger partial charge in [-0.1, -0.05) is 37.3 Å². The Labute approximate surface area is 74.9 Å². The van der Waals surface area contributed by atoms with Gasteiger partial charge in [0.05, 0.1) is 0 Å². The van der Waals surface area contributed by atoms with Crippen molar-refractivity contribution < 1.29 is 0 Å². The van der Waals surface area contributed by atoms with Gasteiger partial charge in [0.25, 0.3) is 0 Å². The van der Waals surface area contributed by atoms with Gasteiger partial charge in [0.15, 0.2) is 0 Å². The number of allylic oxidation sites excluding steroid dienone is 1. The van der Waals surface area contributed by atoms with Gasteiger partial charge < -0.3 is 0 Å². The highest BCUT2D eigenvalue weighted by atomic mass is 14.0. The van der Waals surface area contributed by atoms with Crippen molar-refractivity contribution in [3.05, 3.63) is 41.5 Å². The fourth-order valence-corrected chi connectivity index (χ4v) is 1.40. The Balaban J connectivity index is 3.09. The van der Waals surface area contributed by atoms with Crippen molar-refractivity contribution in [1.29, 1.82) is 0 Å². The molecular weight excluding hydrogens is 144 g/mol. The Morgan fingerprint density at radius 1 is 1.33 bits per heavy atom. The van der Waals surface area contributed by atoms with E-state index in [9.17, 15) is 0 Å². The first-order chi connectivity index (χ1) is 5.65. The van der Waals surface area contributed by atoms with Crippen LogP contribution in [0.15, 0.2) is 24.8 Å². The number of hydrogen-bond acceptors (Lipinski definition) is 0. The van der Waals surface area contributed by atoms with Crippen molar-refractivity contribution in [3.8, 4) is 0 Å². The Kier molecular flexibility index (Phi) is 2.69. The molecule has 0 bridgehead atoms. The lowest BCUT2D eigenvalue weighted by Crippen LogP contribution is -1.87. The van der Waals surface area contributed by atoms with Crippen LogP contribution >= 0.6 is 0 Å². The zero-order valence-electron chi connectivity index (χ0n) is 8.15. The summed E-state index contributed by atoms with van der Waals surface area (Å²) in [5.41, 5.74) is 5.19. The van der Waals surface area contributed by atoms with Crippen LogP contribution in [0.25, 0.3) is 5.57 Å². The third-order valence-corrected chi connectivity index (χ3v) is 2.19. The molecule has 0 saturated carbocycles. The van der Waals surface area contributed by atoms with Gasteiger partial charge >= 0.3 is 0 Å². The second-order valence-electron chi connectivity index (χ2n) is 3.28. The average Bonchev–Trinajstić information content (AvgIpc) is 2.03. The SMILES string of the molecule is C=C(CC)c1ccc(C)cc1C. The maximum absolute atomic E-state index is 4.03. The molecule has 0 spiro atoms. The Morgan fingerprint density at radius 3 is 2.50 bits per heavy atom. The highest BCUT2D eigenvalue weighted by molar-refractivity contribution is 5.66. The molecule has 0 aliphatic carbocycles. The minimum Gasteiger partial charge on any atom is -0.0952 e. The fourth-order valence-electron chi connectivity index (χ4n) is 1.40. The minimum absolute atomic E-state index is 1.03. The second-order valence-corrected chi connectivity index (χ2v) is 3.28. The minimum atomic E-state index is 1.03. The average molecular weight is 160 g/mol. The summed E-state index contributed by atoms with van der Waals surface area (Å²) >= 11 is 0. The standard InChI is InChI=1S/C12H16/c1-5-10(3)12-7-6-9(2)8-11(12)4/h6-8H,3,5H2,1-2,4H3. The topological polar surface area (TPSA) is 0 Å². The fraction of sp³-hybridized carbons (Fsp3) is 0.333. The summed E-state index contributed by atoms with van der Waals surface area (Å²) in [5, 5.41) is 0. The maximum Gasteiger partial charge on any atom is -0.0201 e. The molecule has 0 amide bonds. The predicted molar refractivity (Wildman–Crippen MR) is 55.2 cm³/mol. The van der Waals surface area contributed by atoms with Crippen LogP contribution < -0.4 is 0 Å². The lowest BCUT2D eigenvalue weighted by Gasteiger charge is -2.07. The van der Waals surface area contributed by atoms with Gasteiger partial charge in [0, 0.05) is 0 Å². The van der Waals surface area contributed by atoms with Crippen molar-refractivity contribution in [1.82, 2.24) is 0 Å². The molecule has 0 heteroatoms. The Bertz CT molecular complexity index is 295. The van der Waals surface area contributed by atoms with Crippen molar-refractivity contribution in [2.45, 2.75) is 27.2 Å². The van der Waals surface area contributed by atoms with Gasteiger partial charge in [-0.2, -0.15) is 0 Å². The highest BCUT2D eigenvalue weighted by Crippen LogP contribution is 2.20. The lowest BCUT2D eigenvalue weighted by molar-refractivity contribution is 1.22. The van der Waals surface area contributed by atoms with Gasteiger partial charge in [0.2, 0.25) is 0 Å². The van der Waals surface area contributed by atoms with Crippen LogP contribution in [-0.2, 0) is 0 Å². The molecule has 0 saturated heterocycles. The summed E-state index contributed by atoms with van der Waals surface area (Å²) < 4.78 is 0. The quantitative estimate of drug-likeness (QED) is 0.618. The number of aryl methyl sites for hydroxylation is 2. The maximum atomic E-state index is 4.03. The van der Waals surface area contributed by atoms with Crippen LogP contribution in [-0.4, -0.2) is 0 Å². The van der Waals surface area contributed by atoms with E-state index in [4.69, 9.17) is 0 Å². The molecule has 1 rings (SSSR count). The third-order valence-electron chi connectivity index (χ3n) is 2.19. The van der Waals surface area contributed by atoms with Crippen molar-refractivity contribution in [2.75, 3.05) is 0 Å². The van der Waals surface area contributed by atoms with E-state index in [2.05, 4.69) is 45.5 Å². The number of rotatable bonds is 2. The molecule has 0 fully saturated rings. The first-order valence-corrected chi connectivity index (χ1v) is 4.40. The number of benzene rings is 1. The molecule has 1 aromatic rings. The zero-order chi connectivity index (χ0) is 9.14. The molecular formula is C12H16. The molecule has 1 aromatic carbocycles. The molecule has 0 heterocycles. The van der Waals surface area contributed by atoms with Gasteiger partial charge in [0.1, 0.15) is 0 Å². The predicted octanol–water partition coefficient (Wildman–Crippen LogP) is 3.73. The van der Waals surface area contributed by atoms with Crippen LogP contribution in [0.5, 0.6) is 0 Å². The van der Waals surface area contributed by atoms with Gasteiger partial charge in [-0.15, -0.1) is 0 Å². The van der Waals surface area contributed by atoms with E-state index in [1.165, 1.54) is 22.3 Å². The highest BCUT2D eigenvalue weighted by Gasteiger charge is 1.99. The monoisotopic (exact) mass is 160 g/mol. The van der Waals surface area contributed by atoms with E-state index in [1.54, 1.807) is 0 Å². The molecule has 0 aromatic heterocycles. The second kappa shape index (κ2) is 3.57. The Morgan fingerprint density at radius 2 is 2.00 bits per heavy atom. The summed E-state index contributed by atoms with van der Waals surface area (Å²) in [7, 11) is 0. The van der Waals surface area contributed by atoms with Crippen LogP contribution in [0.4, 0.5) is 0 Å². The van der Waals surface area contributed by atoms with Gasteiger partial charge in [-0.3, -0.25) is 0 Å². The van der Waals surface area contributed by atoms with E-state index in [-0.39, 0.29) is 0 Å². The van der Waals surface area contributed by atoms with E-state index in [0.29, 0.717) is 0 Å². The normalized spacial score (nSPS) is 9.92. The Hall–Kier alpha value is -1.04. The molecule has 0 N–H and O–H groups in total. The van der Waals surface area contributed by atoms with E-state index >= 15 is 0 Å². The first kappa shape index (κ1) is 9.05.